The highest BCUT2D eigenvalue weighted by atomic mass is 19.1. The Morgan fingerprint density at radius 1 is 1.09 bits per heavy atom. The monoisotopic (exact) mass is 449 g/mol. The number of nitrogens with zero attached hydrogens (tertiary/aromatic N) is 2. The van der Waals surface area contributed by atoms with Gasteiger partial charge >= 0.3 is 5.97 Å². The maximum Gasteiger partial charge on any atom is 0.342 e. The van der Waals surface area contributed by atoms with E-state index in [0.717, 1.165) is 18.5 Å². The molecule has 0 spiro atoms. The molecule has 1 fully saturated rings. The maximum absolute atomic E-state index is 13.4. The van der Waals surface area contributed by atoms with Crippen LogP contribution in [-0.4, -0.2) is 34.3 Å². The molecule has 1 amide bonds. The van der Waals surface area contributed by atoms with Gasteiger partial charge in [-0.3, -0.25) is 4.79 Å². The molecule has 0 bridgehead atoms. The fraction of sp³-hybridized carbons (Fsp3) is 0.346. The van der Waals surface area contributed by atoms with Crippen molar-refractivity contribution < 1.29 is 18.7 Å². The van der Waals surface area contributed by atoms with Crippen LogP contribution in [0.3, 0.4) is 0 Å². The van der Waals surface area contributed by atoms with Crippen molar-refractivity contribution in [2.45, 2.75) is 39.2 Å². The third-order valence-corrected chi connectivity index (χ3v) is 6.46. The second-order valence-corrected chi connectivity index (χ2v) is 8.70. The Morgan fingerprint density at radius 3 is 2.55 bits per heavy atom. The van der Waals surface area contributed by atoms with Crippen LogP contribution in [0.5, 0.6) is 0 Å². The highest BCUT2D eigenvalue weighted by Crippen LogP contribution is 2.29. The lowest BCUT2D eigenvalue weighted by Crippen LogP contribution is -2.45. The van der Waals surface area contributed by atoms with E-state index in [1.165, 1.54) is 18.6 Å². The van der Waals surface area contributed by atoms with E-state index in [0.29, 0.717) is 23.1 Å². The molecule has 1 aliphatic carbocycles. The van der Waals surface area contributed by atoms with Crippen molar-refractivity contribution in [3.63, 3.8) is 0 Å². The molecule has 0 saturated heterocycles. The van der Waals surface area contributed by atoms with E-state index in [-0.39, 0.29) is 29.9 Å². The Hall–Kier alpha value is -3.48. The van der Waals surface area contributed by atoms with Gasteiger partial charge in [0.05, 0.1) is 5.69 Å². The molecule has 1 aliphatic rings. The number of carbonyl (C=O) groups is 2. The van der Waals surface area contributed by atoms with Gasteiger partial charge in [0.2, 0.25) is 0 Å². The lowest BCUT2D eigenvalue weighted by Gasteiger charge is -2.34. The summed E-state index contributed by atoms with van der Waals surface area (Å²) < 4.78 is 20.3. The van der Waals surface area contributed by atoms with Gasteiger partial charge in [-0.05, 0) is 54.7 Å². The van der Waals surface area contributed by atoms with Gasteiger partial charge in [0.1, 0.15) is 17.1 Å². The van der Waals surface area contributed by atoms with Crippen molar-refractivity contribution >= 4 is 11.9 Å². The zero-order valence-electron chi connectivity index (χ0n) is 18.8. The number of hydrogen-bond donors (Lipinski definition) is 1. The largest absolute Gasteiger partial charge is 0.452 e. The molecule has 4 rings (SSSR count). The molecule has 33 heavy (non-hydrogen) atoms. The molecule has 6 nitrogen and oxygen atoms in total. The number of halogens is 1. The summed E-state index contributed by atoms with van der Waals surface area (Å²) in [7, 11) is 0. The normalized spacial score (nSPS) is 20.3. The van der Waals surface area contributed by atoms with Gasteiger partial charge in [-0.2, -0.15) is 5.10 Å². The summed E-state index contributed by atoms with van der Waals surface area (Å²) in [6, 6.07) is 15.2. The number of amides is 1. The van der Waals surface area contributed by atoms with Gasteiger partial charge in [0.15, 0.2) is 6.61 Å². The van der Waals surface area contributed by atoms with E-state index in [1.54, 1.807) is 23.0 Å². The molecule has 3 aromatic rings. The van der Waals surface area contributed by atoms with E-state index < -0.39 is 5.97 Å². The number of hydrogen-bond acceptors (Lipinski definition) is 4. The molecule has 0 unspecified atom stereocenters. The van der Waals surface area contributed by atoms with Gasteiger partial charge in [0.25, 0.3) is 5.91 Å². The van der Waals surface area contributed by atoms with Gasteiger partial charge in [-0.25, -0.2) is 13.9 Å². The minimum Gasteiger partial charge on any atom is -0.452 e. The average Bonchev–Trinajstić information content (AvgIpc) is 3.27. The fourth-order valence-corrected chi connectivity index (χ4v) is 4.30. The Balaban J connectivity index is 1.50. The Bertz CT molecular complexity index is 1110. The molecule has 1 aromatic heterocycles. The van der Waals surface area contributed by atoms with Crippen LogP contribution in [0.4, 0.5) is 4.39 Å². The molecule has 172 valence electrons. The lowest BCUT2D eigenvalue weighted by atomic mass is 9.78. The predicted molar refractivity (Wildman–Crippen MR) is 123 cm³/mol. The molecule has 0 aliphatic heterocycles. The van der Waals surface area contributed by atoms with E-state index in [9.17, 15) is 14.0 Å². The highest BCUT2D eigenvalue weighted by molar-refractivity contribution is 5.97. The van der Waals surface area contributed by atoms with Crippen LogP contribution in [0.15, 0.2) is 60.8 Å². The molecule has 1 heterocycles. The van der Waals surface area contributed by atoms with Crippen LogP contribution in [0.2, 0.25) is 0 Å². The molecular formula is C26H28FN3O3. The molecular weight excluding hydrogens is 421 g/mol. The first-order valence-electron chi connectivity index (χ1n) is 11.3. The van der Waals surface area contributed by atoms with Crippen LogP contribution in [0.1, 0.15) is 43.5 Å². The summed E-state index contributed by atoms with van der Waals surface area (Å²) >= 11 is 0. The SMILES string of the molecule is C[C@@H]1[C@H](C)CCC[C@H]1NC(=O)COC(=O)c1cn(-c2ccccc2)nc1-c1ccc(F)cc1. The lowest BCUT2D eigenvalue weighted by molar-refractivity contribution is -0.125. The first kappa shape index (κ1) is 22.7. The number of carbonyl (C=O) groups excluding carboxylic acids is 2. The Morgan fingerprint density at radius 2 is 1.82 bits per heavy atom. The number of ether oxygens (including phenoxy) is 1. The van der Waals surface area contributed by atoms with Crippen molar-refractivity contribution in [3.8, 4) is 16.9 Å². The van der Waals surface area contributed by atoms with Crippen LogP contribution in [0, 0.1) is 17.7 Å². The quantitative estimate of drug-likeness (QED) is 0.550. The second-order valence-electron chi connectivity index (χ2n) is 8.70. The summed E-state index contributed by atoms with van der Waals surface area (Å²) in [5.74, 6) is -0.417. The minimum absolute atomic E-state index is 0.0931. The average molecular weight is 450 g/mol. The van der Waals surface area contributed by atoms with Crippen molar-refractivity contribution in [2.75, 3.05) is 6.61 Å². The van der Waals surface area contributed by atoms with E-state index >= 15 is 0 Å². The Labute approximate surface area is 192 Å². The van der Waals surface area contributed by atoms with Crippen LogP contribution >= 0.6 is 0 Å². The topological polar surface area (TPSA) is 73.2 Å². The number of aromatic nitrogens is 2. The van der Waals surface area contributed by atoms with Gasteiger partial charge in [-0.1, -0.05) is 44.9 Å². The summed E-state index contributed by atoms with van der Waals surface area (Å²) in [5.41, 5.74) is 1.91. The van der Waals surface area contributed by atoms with Crippen molar-refractivity contribution in [3.05, 3.63) is 72.2 Å². The van der Waals surface area contributed by atoms with Gasteiger partial charge < -0.3 is 10.1 Å². The maximum atomic E-state index is 13.4. The van der Waals surface area contributed by atoms with E-state index in [4.69, 9.17) is 4.74 Å². The van der Waals surface area contributed by atoms with Crippen molar-refractivity contribution in [2.24, 2.45) is 11.8 Å². The highest BCUT2D eigenvalue weighted by Gasteiger charge is 2.28. The fourth-order valence-electron chi connectivity index (χ4n) is 4.30. The predicted octanol–water partition coefficient (Wildman–Crippen LogP) is 4.78. The molecule has 3 atom stereocenters. The van der Waals surface area contributed by atoms with Crippen molar-refractivity contribution in [1.29, 1.82) is 0 Å². The van der Waals surface area contributed by atoms with Crippen LogP contribution in [-0.2, 0) is 9.53 Å². The molecule has 1 saturated carbocycles. The van der Waals surface area contributed by atoms with E-state index in [2.05, 4.69) is 24.3 Å². The minimum atomic E-state index is -0.656. The number of rotatable bonds is 6. The molecule has 2 aromatic carbocycles. The molecule has 7 heteroatoms. The van der Waals surface area contributed by atoms with Crippen molar-refractivity contribution in [1.82, 2.24) is 15.1 Å². The molecule has 0 radical (unpaired) electrons. The number of benzene rings is 2. The van der Waals surface area contributed by atoms with Gasteiger partial charge in [0, 0.05) is 17.8 Å². The zero-order chi connectivity index (χ0) is 23.4. The third kappa shape index (κ3) is 5.30. The summed E-state index contributed by atoms with van der Waals surface area (Å²) in [6.07, 6.45) is 4.75. The van der Waals surface area contributed by atoms with Crippen LogP contribution < -0.4 is 5.32 Å². The number of nitrogens with one attached hydrogen (secondary N) is 1. The van der Waals surface area contributed by atoms with Gasteiger partial charge in [-0.15, -0.1) is 0 Å². The third-order valence-electron chi connectivity index (χ3n) is 6.46. The Kier molecular flexibility index (Phi) is 6.87. The number of para-hydroxylation sites is 1. The zero-order valence-corrected chi connectivity index (χ0v) is 18.8. The summed E-state index contributed by atoms with van der Waals surface area (Å²) in [6.45, 7) is 3.98. The van der Waals surface area contributed by atoms with Crippen LogP contribution in [0.25, 0.3) is 16.9 Å². The molecule has 1 N–H and O–H groups in total. The first-order valence-corrected chi connectivity index (χ1v) is 11.3. The summed E-state index contributed by atoms with van der Waals surface area (Å²) in [5, 5.41) is 7.54. The van der Waals surface area contributed by atoms with E-state index in [1.807, 2.05) is 30.3 Å². The summed E-state index contributed by atoms with van der Waals surface area (Å²) in [4.78, 5) is 25.4. The number of esters is 1. The smallest absolute Gasteiger partial charge is 0.342 e. The first-order chi connectivity index (χ1) is 15.9. The standard InChI is InChI=1S/C26H28FN3O3/c1-17-7-6-10-23(18(17)2)28-24(31)16-33-26(32)22-15-30(21-8-4-3-5-9-21)29-25(22)19-11-13-20(27)14-12-19/h3-5,8-9,11-15,17-18,23H,6-7,10,16H2,1-2H3,(H,28,31)/t17-,18-,23-/m1/s1. The second kappa shape index (κ2) is 9.98.